The monoisotopic (exact) mass is 522 g/mol. The Morgan fingerprint density at radius 2 is 1.21 bits per heavy atom. The number of amides is 1. The molecule has 5 aromatic carbocycles. The number of unbranched alkanes of at least 4 members (excludes halogenated alkanes) is 6. The molecule has 1 N–H and O–H groups in total. The van der Waals surface area contributed by atoms with E-state index < -0.39 is 0 Å². The smallest absolute Gasteiger partial charge is 0.277 e. The number of rotatable bonds is 13. The van der Waals surface area contributed by atoms with Crippen molar-refractivity contribution >= 4 is 54.7 Å². The van der Waals surface area contributed by atoms with Gasteiger partial charge in [0.2, 0.25) is 0 Å². The normalized spacial score (nSPS) is 11.9. The Labute approximate surface area is 230 Å². The maximum absolute atomic E-state index is 13.7. The zero-order valence-corrected chi connectivity index (χ0v) is 23.1. The van der Waals surface area contributed by atoms with E-state index in [0.717, 1.165) is 63.4 Å². The highest BCUT2D eigenvalue weighted by atomic mass is 16.6. The third-order valence-corrected chi connectivity index (χ3v) is 8.23. The number of hydrogen-bond acceptors (Lipinski definition) is 3. The van der Waals surface area contributed by atoms with Gasteiger partial charge < -0.3 is 5.32 Å². The van der Waals surface area contributed by atoms with Gasteiger partial charge in [-0.2, -0.15) is 0 Å². The van der Waals surface area contributed by atoms with Gasteiger partial charge in [0.05, 0.1) is 10.3 Å². The molecular formula is C34H38N2O3. The van der Waals surface area contributed by atoms with Crippen molar-refractivity contribution in [2.75, 3.05) is 0 Å². The van der Waals surface area contributed by atoms with E-state index >= 15 is 0 Å². The molecule has 5 aromatic rings. The minimum Gasteiger partial charge on any atom is -0.349 e. The number of nitro benzene ring substituents is 1. The zero-order chi connectivity index (χ0) is 27.4. The fourth-order valence-electron chi connectivity index (χ4n) is 6.24. The molecule has 0 atom stereocenters. The van der Waals surface area contributed by atoms with Crippen molar-refractivity contribution in [2.45, 2.75) is 84.1 Å². The highest BCUT2D eigenvalue weighted by Crippen LogP contribution is 2.43. The molecule has 0 aliphatic rings. The number of fused-ring (bicyclic) bond motifs is 2. The van der Waals surface area contributed by atoms with Crippen LogP contribution in [0.15, 0.2) is 60.7 Å². The van der Waals surface area contributed by atoms with Gasteiger partial charge >= 0.3 is 0 Å². The lowest BCUT2D eigenvalue weighted by molar-refractivity contribution is -0.383. The Morgan fingerprint density at radius 3 is 1.79 bits per heavy atom. The Balaban J connectivity index is 1.55. The van der Waals surface area contributed by atoms with Crippen LogP contribution in [0.4, 0.5) is 5.69 Å². The molecule has 5 rings (SSSR count). The molecule has 0 saturated carbocycles. The number of carbonyl (C=O) groups is 1. The van der Waals surface area contributed by atoms with E-state index in [1.54, 1.807) is 6.07 Å². The van der Waals surface area contributed by atoms with Gasteiger partial charge in [0.1, 0.15) is 0 Å². The number of nitro groups is 1. The van der Waals surface area contributed by atoms with Crippen LogP contribution in [0.3, 0.4) is 0 Å². The number of benzene rings is 5. The van der Waals surface area contributed by atoms with Crippen LogP contribution in [0, 0.1) is 10.1 Å². The molecule has 0 bridgehead atoms. The van der Waals surface area contributed by atoms with E-state index in [2.05, 4.69) is 25.2 Å². The van der Waals surface area contributed by atoms with Gasteiger partial charge in [0.25, 0.3) is 11.6 Å². The zero-order valence-electron chi connectivity index (χ0n) is 23.1. The number of non-ortho nitro benzene ring substituents is 1. The van der Waals surface area contributed by atoms with E-state index in [9.17, 15) is 14.9 Å². The molecule has 0 fully saturated rings. The first-order chi connectivity index (χ1) is 19.0. The predicted octanol–water partition coefficient (Wildman–Crippen LogP) is 9.68. The van der Waals surface area contributed by atoms with Crippen molar-refractivity contribution in [3.8, 4) is 0 Å². The number of carbonyl (C=O) groups excluding carboxylic acids is 1. The maximum Gasteiger partial charge on any atom is 0.277 e. The third kappa shape index (κ3) is 5.27. The Kier molecular flexibility index (Phi) is 8.25. The van der Waals surface area contributed by atoms with Crippen LogP contribution in [0.25, 0.3) is 43.1 Å². The molecule has 0 spiro atoms. The standard InChI is InChI=1S/C34H38N2O3/c1-3-5-7-9-13-23(14-10-8-6-4-2)35-34(37)29-20-19-27-25-16-12-18-30-31(36(38)39)22-21-28(33(25)30)24-15-11-17-26(29)32(24)27/h11-12,15-23H,3-10,13-14H2,1-2H3,(H,35,37). The van der Waals surface area contributed by atoms with Crippen LogP contribution in [0.5, 0.6) is 0 Å². The average molecular weight is 523 g/mol. The molecule has 0 aliphatic heterocycles. The third-order valence-electron chi connectivity index (χ3n) is 8.23. The van der Waals surface area contributed by atoms with Crippen LogP contribution in [0.2, 0.25) is 0 Å². The fourth-order valence-corrected chi connectivity index (χ4v) is 6.24. The summed E-state index contributed by atoms with van der Waals surface area (Å²) in [6, 6.07) is 19.4. The molecule has 1 amide bonds. The highest BCUT2D eigenvalue weighted by molar-refractivity contribution is 6.35. The molecule has 0 aromatic heterocycles. The highest BCUT2D eigenvalue weighted by Gasteiger charge is 2.21. The van der Waals surface area contributed by atoms with E-state index in [1.807, 2.05) is 48.5 Å². The van der Waals surface area contributed by atoms with Crippen LogP contribution >= 0.6 is 0 Å². The van der Waals surface area contributed by atoms with E-state index in [1.165, 1.54) is 38.5 Å². The molecule has 0 heterocycles. The first-order valence-corrected chi connectivity index (χ1v) is 14.6. The summed E-state index contributed by atoms with van der Waals surface area (Å²) in [6.45, 7) is 4.45. The Hall–Kier alpha value is -3.73. The van der Waals surface area contributed by atoms with Crippen molar-refractivity contribution in [1.82, 2.24) is 5.32 Å². The van der Waals surface area contributed by atoms with Crippen LogP contribution in [-0.4, -0.2) is 16.9 Å². The van der Waals surface area contributed by atoms with Crippen molar-refractivity contribution in [3.05, 3.63) is 76.3 Å². The van der Waals surface area contributed by atoms with Crippen molar-refractivity contribution in [2.24, 2.45) is 0 Å². The van der Waals surface area contributed by atoms with E-state index in [0.29, 0.717) is 10.9 Å². The minimum absolute atomic E-state index is 0.0117. The number of nitrogens with zero attached hydrogens (tertiary/aromatic N) is 1. The second-order valence-electron chi connectivity index (χ2n) is 10.9. The summed E-state index contributed by atoms with van der Waals surface area (Å²) in [5.74, 6) is -0.0117. The first kappa shape index (κ1) is 26.9. The van der Waals surface area contributed by atoms with E-state index in [-0.39, 0.29) is 22.6 Å². The van der Waals surface area contributed by atoms with Gasteiger partial charge in [-0.25, -0.2) is 0 Å². The lowest BCUT2D eigenvalue weighted by Gasteiger charge is -2.20. The summed E-state index contributed by atoms with van der Waals surface area (Å²) in [6.07, 6.45) is 11.6. The lowest BCUT2D eigenvalue weighted by atomic mass is 9.88. The van der Waals surface area contributed by atoms with Crippen molar-refractivity contribution in [3.63, 3.8) is 0 Å². The SMILES string of the molecule is CCCCCCC(CCCCCC)NC(=O)c1ccc2c3cccc4c([N+](=O)[O-])ccc(c5cccc1c25)c43. The van der Waals surface area contributed by atoms with Crippen molar-refractivity contribution in [1.29, 1.82) is 0 Å². The molecule has 202 valence electrons. The summed E-state index contributed by atoms with van der Waals surface area (Å²) >= 11 is 0. The van der Waals surface area contributed by atoms with E-state index in [4.69, 9.17) is 0 Å². The quantitative estimate of drug-likeness (QED) is 0.0550. The van der Waals surface area contributed by atoms with Gasteiger partial charge in [-0.15, -0.1) is 0 Å². The fraction of sp³-hybridized carbons (Fsp3) is 0.382. The lowest BCUT2D eigenvalue weighted by Crippen LogP contribution is -2.35. The topological polar surface area (TPSA) is 72.2 Å². The summed E-state index contributed by atoms with van der Waals surface area (Å²) in [5.41, 5.74) is 0.811. The molecular weight excluding hydrogens is 484 g/mol. The molecule has 0 unspecified atom stereocenters. The van der Waals surface area contributed by atoms with Gasteiger partial charge in [-0.3, -0.25) is 14.9 Å². The van der Waals surface area contributed by atoms with Crippen LogP contribution in [0.1, 0.15) is 88.4 Å². The predicted molar refractivity (Wildman–Crippen MR) is 163 cm³/mol. The summed E-state index contributed by atoms with van der Waals surface area (Å²) in [7, 11) is 0. The molecule has 39 heavy (non-hydrogen) atoms. The van der Waals surface area contributed by atoms with Crippen molar-refractivity contribution < 1.29 is 9.72 Å². The summed E-state index contributed by atoms with van der Waals surface area (Å²) in [4.78, 5) is 25.2. The molecule has 0 saturated heterocycles. The molecule has 5 nitrogen and oxygen atoms in total. The number of hydrogen-bond donors (Lipinski definition) is 1. The summed E-state index contributed by atoms with van der Waals surface area (Å²) < 4.78 is 0. The molecule has 0 aliphatic carbocycles. The maximum atomic E-state index is 13.7. The largest absolute Gasteiger partial charge is 0.349 e. The van der Waals surface area contributed by atoms with Gasteiger partial charge in [0, 0.05) is 23.1 Å². The number of nitrogens with one attached hydrogen (secondary N) is 1. The second-order valence-corrected chi connectivity index (χ2v) is 10.9. The van der Waals surface area contributed by atoms with Crippen LogP contribution in [-0.2, 0) is 0 Å². The van der Waals surface area contributed by atoms with Gasteiger partial charge in [-0.05, 0) is 63.4 Å². The van der Waals surface area contributed by atoms with Gasteiger partial charge in [0.15, 0.2) is 0 Å². The Bertz CT molecular complexity index is 1590. The van der Waals surface area contributed by atoms with Crippen LogP contribution < -0.4 is 5.32 Å². The average Bonchev–Trinajstić information content (AvgIpc) is 2.95. The first-order valence-electron chi connectivity index (χ1n) is 14.6. The second kappa shape index (κ2) is 12.0. The molecule has 5 heteroatoms. The Morgan fingerprint density at radius 1 is 0.692 bits per heavy atom. The molecule has 0 radical (unpaired) electrons. The minimum atomic E-state index is -0.312. The summed E-state index contributed by atoms with van der Waals surface area (Å²) in [5, 5.41) is 22.7. The van der Waals surface area contributed by atoms with Gasteiger partial charge in [-0.1, -0.05) is 102 Å².